The van der Waals surface area contributed by atoms with Gasteiger partial charge in [-0.3, -0.25) is 9.48 Å². The summed E-state index contributed by atoms with van der Waals surface area (Å²) in [7, 11) is 1.94. The lowest BCUT2D eigenvalue weighted by Crippen LogP contribution is -2.51. The van der Waals surface area contributed by atoms with Gasteiger partial charge in [-0.25, -0.2) is 0 Å². The second-order valence-corrected chi connectivity index (χ2v) is 9.76. The monoisotopic (exact) mass is 468 g/mol. The summed E-state index contributed by atoms with van der Waals surface area (Å²) in [5, 5.41) is 20.6. The average molecular weight is 469 g/mol. The van der Waals surface area contributed by atoms with Crippen LogP contribution < -0.4 is 15.5 Å². The number of hydrogen-bond acceptors (Lipinski definition) is 5. The zero-order valence-corrected chi connectivity index (χ0v) is 20.5. The topological polar surface area (TPSA) is 86.0 Å². The maximum Gasteiger partial charge on any atom is 0.224 e. The Hall–Kier alpha value is -3.63. The number of nitrogens with one attached hydrogen (secondary N) is 2. The van der Waals surface area contributed by atoms with Gasteiger partial charge in [0, 0.05) is 48.6 Å². The zero-order valence-electron chi connectivity index (χ0n) is 20.5. The van der Waals surface area contributed by atoms with Gasteiger partial charge in [0.1, 0.15) is 0 Å². The first kappa shape index (κ1) is 23.1. The van der Waals surface area contributed by atoms with Gasteiger partial charge in [0.2, 0.25) is 5.91 Å². The zero-order chi connectivity index (χ0) is 24.5. The third-order valence-electron chi connectivity index (χ3n) is 7.32. The molecule has 3 atom stereocenters. The lowest BCUT2D eigenvalue weighted by molar-refractivity contribution is -0.117. The molecular formula is C28H32N6O. The standard InChI is InChI=1S/C28H32N6O/c1-18-27(32-24-9-4-20(15-29)5-10-24)25-14-22(23-16-31-33(17-23)13-12-30-3)8-11-26(25)34(19(2)35)28(18)21-6-7-21/h4-5,8-11,14,16-18,21,27-28,30,32H,6-7,12-13H2,1-3H3/t18-,27?,28?/m1/s1. The molecular weight excluding hydrogens is 436 g/mol. The predicted octanol–water partition coefficient (Wildman–Crippen LogP) is 4.58. The van der Waals surface area contributed by atoms with Gasteiger partial charge in [-0.05, 0) is 73.3 Å². The van der Waals surface area contributed by atoms with Crippen molar-refractivity contribution in [2.45, 2.75) is 45.3 Å². The number of carbonyl (C=O) groups is 1. The summed E-state index contributed by atoms with van der Waals surface area (Å²) in [6, 6.07) is 16.4. The molecule has 1 saturated carbocycles. The molecule has 2 unspecified atom stereocenters. The number of amides is 1. The lowest BCUT2D eigenvalue weighted by Gasteiger charge is -2.46. The molecule has 5 rings (SSSR count). The molecule has 0 spiro atoms. The van der Waals surface area contributed by atoms with E-state index in [9.17, 15) is 10.1 Å². The van der Waals surface area contributed by atoms with Crippen molar-refractivity contribution in [3.8, 4) is 17.2 Å². The van der Waals surface area contributed by atoms with Crippen molar-refractivity contribution in [1.29, 1.82) is 5.26 Å². The van der Waals surface area contributed by atoms with E-state index < -0.39 is 0 Å². The quantitative estimate of drug-likeness (QED) is 0.530. The number of hydrogen-bond donors (Lipinski definition) is 2. The maximum absolute atomic E-state index is 12.9. The van der Waals surface area contributed by atoms with Crippen molar-refractivity contribution < 1.29 is 4.79 Å². The minimum absolute atomic E-state index is 0.0402. The number of likely N-dealkylation sites (N-methyl/N-ethyl adjacent to an activating group) is 1. The molecule has 0 bridgehead atoms. The van der Waals surface area contributed by atoms with Crippen molar-refractivity contribution in [3.05, 3.63) is 66.0 Å². The van der Waals surface area contributed by atoms with Crippen LogP contribution in [0.5, 0.6) is 0 Å². The Morgan fingerprint density at radius 3 is 2.60 bits per heavy atom. The third kappa shape index (κ3) is 4.54. The molecule has 2 heterocycles. The van der Waals surface area contributed by atoms with E-state index in [-0.39, 0.29) is 23.9 Å². The molecule has 180 valence electrons. The van der Waals surface area contributed by atoms with Gasteiger partial charge in [0.15, 0.2) is 0 Å². The van der Waals surface area contributed by atoms with Crippen molar-refractivity contribution in [1.82, 2.24) is 15.1 Å². The van der Waals surface area contributed by atoms with E-state index in [0.717, 1.165) is 41.2 Å². The lowest BCUT2D eigenvalue weighted by atomic mass is 9.79. The highest BCUT2D eigenvalue weighted by Crippen LogP contribution is 2.50. The Labute approximate surface area is 206 Å². The first-order valence-electron chi connectivity index (χ1n) is 12.4. The van der Waals surface area contributed by atoms with Crippen LogP contribution in [-0.2, 0) is 11.3 Å². The van der Waals surface area contributed by atoms with E-state index in [1.807, 2.05) is 47.1 Å². The molecule has 0 saturated heterocycles. The van der Waals surface area contributed by atoms with Crippen LogP contribution in [0.2, 0.25) is 0 Å². The maximum atomic E-state index is 12.9. The van der Waals surface area contributed by atoms with Crippen molar-refractivity contribution in [2.24, 2.45) is 11.8 Å². The van der Waals surface area contributed by atoms with E-state index >= 15 is 0 Å². The number of aromatic nitrogens is 2. The number of anilines is 2. The predicted molar refractivity (Wildman–Crippen MR) is 138 cm³/mol. The van der Waals surface area contributed by atoms with Crippen LogP contribution in [0, 0.1) is 23.2 Å². The minimum atomic E-state index is 0.0402. The van der Waals surface area contributed by atoms with E-state index in [1.54, 1.807) is 6.92 Å². The molecule has 2 aliphatic rings. The molecule has 7 heteroatoms. The normalized spacial score (nSPS) is 21.3. The summed E-state index contributed by atoms with van der Waals surface area (Å²) in [4.78, 5) is 14.9. The molecule has 7 nitrogen and oxygen atoms in total. The molecule has 3 aromatic rings. The first-order valence-corrected chi connectivity index (χ1v) is 12.4. The summed E-state index contributed by atoms with van der Waals surface area (Å²) in [6.07, 6.45) is 6.32. The highest BCUT2D eigenvalue weighted by molar-refractivity contribution is 5.94. The Morgan fingerprint density at radius 1 is 1.17 bits per heavy atom. The summed E-state index contributed by atoms with van der Waals surface area (Å²) in [6.45, 7) is 5.60. The summed E-state index contributed by atoms with van der Waals surface area (Å²) < 4.78 is 1.95. The Morgan fingerprint density at radius 2 is 1.94 bits per heavy atom. The molecule has 1 fully saturated rings. The van der Waals surface area contributed by atoms with Crippen LogP contribution in [0.15, 0.2) is 54.9 Å². The van der Waals surface area contributed by atoms with Crippen LogP contribution in [0.4, 0.5) is 11.4 Å². The molecule has 1 aliphatic carbocycles. The first-order chi connectivity index (χ1) is 17.0. The van der Waals surface area contributed by atoms with Crippen molar-refractivity contribution in [3.63, 3.8) is 0 Å². The number of rotatable bonds is 7. The van der Waals surface area contributed by atoms with Crippen LogP contribution >= 0.6 is 0 Å². The SMILES string of the molecule is CNCCn1cc(-c2ccc3c(c2)C(Nc2ccc(C#N)cc2)[C@@H](C)C(C2CC2)N3C(C)=O)cn1. The Kier molecular flexibility index (Phi) is 6.31. The summed E-state index contributed by atoms with van der Waals surface area (Å²) in [5.41, 5.74) is 5.88. The highest BCUT2D eigenvalue weighted by Gasteiger charge is 2.47. The fourth-order valence-electron chi connectivity index (χ4n) is 5.43. The van der Waals surface area contributed by atoms with Crippen molar-refractivity contribution in [2.75, 3.05) is 23.8 Å². The van der Waals surface area contributed by atoms with Gasteiger partial charge in [-0.2, -0.15) is 10.4 Å². The van der Waals surface area contributed by atoms with Gasteiger partial charge in [-0.15, -0.1) is 0 Å². The Bertz CT molecular complexity index is 1250. The van der Waals surface area contributed by atoms with Gasteiger partial charge < -0.3 is 15.5 Å². The minimum Gasteiger partial charge on any atom is -0.378 e. The van der Waals surface area contributed by atoms with Crippen LogP contribution in [-0.4, -0.2) is 35.3 Å². The number of nitriles is 1. The van der Waals surface area contributed by atoms with E-state index in [1.165, 1.54) is 12.8 Å². The van der Waals surface area contributed by atoms with E-state index in [4.69, 9.17) is 0 Å². The fraction of sp³-hybridized carbons (Fsp3) is 0.393. The second-order valence-electron chi connectivity index (χ2n) is 9.76. The highest BCUT2D eigenvalue weighted by atomic mass is 16.2. The van der Waals surface area contributed by atoms with Crippen molar-refractivity contribution >= 4 is 17.3 Å². The number of carbonyl (C=O) groups excluding carboxylic acids is 1. The van der Waals surface area contributed by atoms with Crippen LogP contribution in [0.25, 0.3) is 11.1 Å². The van der Waals surface area contributed by atoms with Gasteiger partial charge in [0.25, 0.3) is 0 Å². The number of benzene rings is 2. The molecule has 35 heavy (non-hydrogen) atoms. The molecule has 0 radical (unpaired) electrons. The largest absolute Gasteiger partial charge is 0.378 e. The van der Waals surface area contributed by atoms with Crippen LogP contribution in [0.1, 0.15) is 43.9 Å². The summed E-state index contributed by atoms with van der Waals surface area (Å²) in [5.74, 6) is 0.861. The van der Waals surface area contributed by atoms with Crippen LogP contribution in [0.3, 0.4) is 0 Å². The average Bonchev–Trinajstić information content (AvgIpc) is 3.60. The molecule has 1 aromatic heterocycles. The second kappa shape index (κ2) is 9.55. The molecule has 1 aliphatic heterocycles. The smallest absolute Gasteiger partial charge is 0.224 e. The number of nitrogens with zero attached hydrogens (tertiary/aromatic N) is 4. The molecule has 1 amide bonds. The fourth-order valence-corrected chi connectivity index (χ4v) is 5.43. The Balaban J connectivity index is 1.56. The third-order valence-corrected chi connectivity index (χ3v) is 7.32. The molecule has 2 N–H and O–H groups in total. The van der Waals surface area contributed by atoms with Gasteiger partial charge in [0.05, 0.1) is 30.4 Å². The van der Waals surface area contributed by atoms with E-state index in [2.05, 4.69) is 53.1 Å². The number of fused-ring (bicyclic) bond motifs is 1. The summed E-state index contributed by atoms with van der Waals surface area (Å²) >= 11 is 0. The molecule has 2 aromatic carbocycles. The van der Waals surface area contributed by atoms with Gasteiger partial charge >= 0.3 is 0 Å². The van der Waals surface area contributed by atoms with Gasteiger partial charge in [-0.1, -0.05) is 13.0 Å². The van der Waals surface area contributed by atoms with E-state index in [0.29, 0.717) is 11.5 Å².